The molecule has 0 fully saturated rings. The number of hydrogen-bond acceptors (Lipinski definition) is 3. The van der Waals surface area contributed by atoms with Crippen LogP contribution in [0, 0.1) is 6.92 Å². The molecule has 15 heavy (non-hydrogen) atoms. The van der Waals surface area contributed by atoms with Crippen LogP contribution in [0.25, 0.3) is 12.2 Å². The Morgan fingerprint density at radius 1 is 0.933 bits per heavy atom. The second-order valence-corrected chi connectivity index (χ2v) is 3.24. The van der Waals surface area contributed by atoms with Gasteiger partial charge in [0.1, 0.15) is 6.26 Å². The largest absolute Gasteiger partial charge is 0.472 e. The van der Waals surface area contributed by atoms with Gasteiger partial charge in [0.2, 0.25) is 0 Å². The molecule has 0 unspecified atom stereocenters. The minimum absolute atomic E-state index is 0.549. The van der Waals surface area contributed by atoms with Gasteiger partial charge in [-0.05, 0) is 12.5 Å². The van der Waals surface area contributed by atoms with Crippen LogP contribution in [0.2, 0.25) is 0 Å². The topological polar surface area (TPSA) is 43.4 Å². The molecule has 0 aliphatic heterocycles. The Morgan fingerprint density at radius 2 is 1.53 bits per heavy atom. The molecule has 0 N–H and O–H groups in total. The SMILES string of the molecule is Cc1cocc1/C=C/c1cocc1C=O. The average Bonchev–Trinajstić information content (AvgIpc) is 2.83. The van der Waals surface area contributed by atoms with Crippen molar-refractivity contribution in [2.75, 3.05) is 0 Å². The fraction of sp³-hybridized carbons (Fsp3) is 0.0833. The molecular weight excluding hydrogens is 192 g/mol. The first-order valence-electron chi connectivity index (χ1n) is 4.53. The van der Waals surface area contributed by atoms with Crippen molar-refractivity contribution in [1.82, 2.24) is 0 Å². The highest BCUT2D eigenvalue weighted by Gasteiger charge is 2.01. The first-order valence-corrected chi connectivity index (χ1v) is 4.53. The normalized spacial score (nSPS) is 11.0. The van der Waals surface area contributed by atoms with E-state index in [1.807, 2.05) is 19.1 Å². The van der Waals surface area contributed by atoms with Crippen molar-refractivity contribution in [2.45, 2.75) is 6.92 Å². The molecule has 0 saturated heterocycles. The highest BCUT2D eigenvalue weighted by Crippen LogP contribution is 2.15. The lowest BCUT2D eigenvalue weighted by atomic mass is 10.1. The summed E-state index contributed by atoms with van der Waals surface area (Å²) >= 11 is 0. The quantitative estimate of drug-likeness (QED) is 0.718. The minimum atomic E-state index is 0.549. The first kappa shape index (κ1) is 9.52. The van der Waals surface area contributed by atoms with Gasteiger partial charge in [0, 0.05) is 11.1 Å². The molecule has 76 valence electrons. The molecule has 0 aromatic carbocycles. The second-order valence-electron chi connectivity index (χ2n) is 3.24. The Hall–Kier alpha value is -2.03. The Morgan fingerprint density at radius 3 is 2.20 bits per heavy atom. The van der Waals surface area contributed by atoms with Crippen molar-refractivity contribution in [3.05, 3.63) is 47.3 Å². The highest BCUT2D eigenvalue weighted by atomic mass is 16.3. The summed E-state index contributed by atoms with van der Waals surface area (Å²) in [7, 11) is 0. The molecule has 0 radical (unpaired) electrons. The molecule has 0 spiro atoms. The van der Waals surface area contributed by atoms with Crippen molar-refractivity contribution in [2.24, 2.45) is 0 Å². The summed E-state index contributed by atoms with van der Waals surface area (Å²) in [4.78, 5) is 10.6. The Kier molecular flexibility index (Phi) is 2.54. The maximum atomic E-state index is 10.6. The lowest BCUT2D eigenvalue weighted by Gasteiger charge is -1.88. The monoisotopic (exact) mass is 202 g/mol. The predicted molar refractivity (Wildman–Crippen MR) is 56.5 cm³/mol. The standard InChI is InChI=1S/C12H10O3/c1-9-5-14-6-10(9)2-3-11-7-15-8-12(11)4-13/h2-8H,1H3/b3-2+. The van der Waals surface area contributed by atoms with Crippen LogP contribution < -0.4 is 0 Å². The average molecular weight is 202 g/mol. The van der Waals surface area contributed by atoms with Crippen LogP contribution in [0.1, 0.15) is 27.0 Å². The molecule has 0 aliphatic rings. The number of rotatable bonds is 3. The van der Waals surface area contributed by atoms with Crippen molar-refractivity contribution in [1.29, 1.82) is 0 Å². The summed E-state index contributed by atoms with van der Waals surface area (Å²) in [5, 5.41) is 0. The van der Waals surface area contributed by atoms with Crippen LogP contribution in [0.5, 0.6) is 0 Å². The fourth-order valence-electron chi connectivity index (χ4n) is 1.27. The van der Waals surface area contributed by atoms with E-state index in [9.17, 15) is 4.79 Å². The van der Waals surface area contributed by atoms with Crippen molar-refractivity contribution < 1.29 is 13.6 Å². The van der Waals surface area contributed by atoms with Crippen LogP contribution >= 0.6 is 0 Å². The number of aryl methyl sites for hydroxylation is 1. The van der Waals surface area contributed by atoms with Crippen LogP contribution in [-0.2, 0) is 0 Å². The Labute approximate surface area is 87.0 Å². The van der Waals surface area contributed by atoms with E-state index >= 15 is 0 Å². The number of hydrogen-bond donors (Lipinski definition) is 0. The zero-order valence-electron chi connectivity index (χ0n) is 8.27. The van der Waals surface area contributed by atoms with Crippen LogP contribution in [0.15, 0.2) is 33.9 Å². The van der Waals surface area contributed by atoms with Crippen molar-refractivity contribution in [3.8, 4) is 0 Å². The van der Waals surface area contributed by atoms with Gasteiger partial charge in [0.05, 0.1) is 24.4 Å². The number of aldehydes is 1. The fourth-order valence-corrected chi connectivity index (χ4v) is 1.27. The third-order valence-electron chi connectivity index (χ3n) is 2.19. The van der Waals surface area contributed by atoms with E-state index < -0.39 is 0 Å². The third kappa shape index (κ3) is 1.91. The number of furan rings is 2. The van der Waals surface area contributed by atoms with Crippen LogP contribution in [0.3, 0.4) is 0 Å². The van der Waals surface area contributed by atoms with E-state index in [0.29, 0.717) is 5.56 Å². The van der Waals surface area contributed by atoms with Crippen LogP contribution in [0.4, 0.5) is 0 Å². The number of carbonyl (C=O) groups excluding carboxylic acids is 1. The molecule has 3 heteroatoms. The van der Waals surface area contributed by atoms with E-state index in [2.05, 4.69) is 0 Å². The molecule has 3 nitrogen and oxygen atoms in total. The van der Waals surface area contributed by atoms with Crippen LogP contribution in [-0.4, -0.2) is 6.29 Å². The Balaban J connectivity index is 2.25. The van der Waals surface area contributed by atoms with Crippen molar-refractivity contribution >= 4 is 18.4 Å². The van der Waals surface area contributed by atoms with Gasteiger partial charge in [-0.25, -0.2) is 0 Å². The summed E-state index contributed by atoms with van der Waals surface area (Å²) in [5.74, 6) is 0. The molecule has 2 rings (SSSR count). The zero-order chi connectivity index (χ0) is 10.7. The van der Waals surface area contributed by atoms with Gasteiger partial charge in [0.25, 0.3) is 0 Å². The van der Waals surface area contributed by atoms with Gasteiger partial charge in [-0.3, -0.25) is 4.79 Å². The van der Waals surface area contributed by atoms with Gasteiger partial charge >= 0.3 is 0 Å². The van der Waals surface area contributed by atoms with Gasteiger partial charge < -0.3 is 8.83 Å². The van der Waals surface area contributed by atoms with Gasteiger partial charge in [-0.15, -0.1) is 0 Å². The summed E-state index contributed by atoms with van der Waals surface area (Å²) in [5.41, 5.74) is 3.37. The van der Waals surface area contributed by atoms with Gasteiger partial charge in [0.15, 0.2) is 6.29 Å². The van der Waals surface area contributed by atoms with Crippen molar-refractivity contribution in [3.63, 3.8) is 0 Å². The van der Waals surface area contributed by atoms with E-state index in [1.54, 1.807) is 12.5 Å². The minimum Gasteiger partial charge on any atom is -0.472 e. The maximum absolute atomic E-state index is 10.6. The molecule has 2 aromatic rings. The highest BCUT2D eigenvalue weighted by molar-refractivity contribution is 5.84. The molecule has 0 bridgehead atoms. The second kappa shape index (κ2) is 4.00. The zero-order valence-corrected chi connectivity index (χ0v) is 8.27. The molecule has 0 amide bonds. The van der Waals surface area contributed by atoms with E-state index in [0.717, 1.165) is 23.0 Å². The molecule has 0 saturated carbocycles. The predicted octanol–water partition coefficient (Wildman–Crippen LogP) is 3.16. The van der Waals surface area contributed by atoms with E-state index in [4.69, 9.17) is 8.83 Å². The third-order valence-corrected chi connectivity index (χ3v) is 2.19. The maximum Gasteiger partial charge on any atom is 0.153 e. The molecule has 2 aromatic heterocycles. The summed E-state index contributed by atoms with van der Waals surface area (Å²) in [6.07, 6.45) is 10.8. The summed E-state index contributed by atoms with van der Waals surface area (Å²) < 4.78 is 9.96. The van der Waals surface area contributed by atoms with Gasteiger partial charge in [-0.1, -0.05) is 12.2 Å². The summed E-state index contributed by atoms with van der Waals surface area (Å²) in [6, 6.07) is 0. The first-order chi connectivity index (χ1) is 7.31. The summed E-state index contributed by atoms with van der Waals surface area (Å²) in [6.45, 7) is 1.96. The van der Waals surface area contributed by atoms with E-state index in [-0.39, 0.29) is 0 Å². The molecule has 2 heterocycles. The lowest BCUT2D eigenvalue weighted by molar-refractivity contribution is 0.112. The van der Waals surface area contributed by atoms with E-state index in [1.165, 1.54) is 12.5 Å². The van der Waals surface area contributed by atoms with Gasteiger partial charge in [-0.2, -0.15) is 0 Å². The number of carbonyl (C=O) groups is 1. The molecule has 0 atom stereocenters. The smallest absolute Gasteiger partial charge is 0.153 e. The Bertz CT molecular complexity index is 488. The molecular formula is C12H10O3. The molecule has 0 aliphatic carbocycles. The lowest BCUT2D eigenvalue weighted by Crippen LogP contribution is -1.77.